The average Bonchev–Trinajstić information content (AvgIpc) is 2.75. The Morgan fingerprint density at radius 2 is 2.25 bits per heavy atom. The molecule has 88 valence electrons. The Morgan fingerprint density at radius 3 is 2.75 bits per heavy atom. The monoisotopic (exact) mass is 349 g/mol. The van der Waals surface area contributed by atoms with E-state index >= 15 is 0 Å². The highest BCUT2D eigenvalue weighted by atomic mass is 127. The van der Waals surface area contributed by atoms with E-state index in [4.69, 9.17) is 0 Å². The summed E-state index contributed by atoms with van der Waals surface area (Å²) < 4.78 is 1.18. The third-order valence-electron chi connectivity index (χ3n) is 3.29. The molecule has 1 saturated heterocycles. The number of likely N-dealkylation sites (tertiary alicyclic amines) is 1. The lowest BCUT2D eigenvalue weighted by Crippen LogP contribution is -2.38. The van der Waals surface area contributed by atoms with Crippen LogP contribution in [0.25, 0.3) is 0 Å². The lowest BCUT2D eigenvalue weighted by molar-refractivity contribution is 0.0689. The zero-order chi connectivity index (χ0) is 11.5. The zero-order valence-electron chi connectivity index (χ0n) is 9.41. The van der Waals surface area contributed by atoms with E-state index < -0.39 is 0 Å². The summed E-state index contributed by atoms with van der Waals surface area (Å²) in [4.78, 5) is 14.1. The smallest absolute Gasteiger partial charge is 0.254 e. The van der Waals surface area contributed by atoms with Gasteiger partial charge in [-0.1, -0.05) is 13.3 Å². The van der Waals surface area contributed by atoms with E-state index in [2.05, 4.69) is 29.5 Å². The molecule has 0 spiro atoms. The lowest BCUT2D eigenvalue weighted by atomic mass is 9.94. The van der Waals surface area contributed by atoms with Crippen LogP contribution in [0.15, 0.2) is 11.4 Å². The largest absolute Gasteiger partial charge is 0.339 e. The van der Waals surface area contributed by atoms with Crippen LogP contribution in [0.1, 0.15) is 36.5 Å². The molecule has 0 N–H and O–H groups in total. The minimum atomic E-state index is 0.216. The summed E-state index contributed by atoms with van der Waals surface area (Å²) in [5, 5.41) is 1.97. The van der Waals surface area contributed by atoms with Gasteiger partial charge < -0.3 is 4.90 Å². The first-order valence-corrected chi connectivity index (χ1v) is 7.70. The first-order valence-electron chi connectivity index (χ1n) is 5.74. The molecule has 0 atom stereocenters. The molecule has 0 radical (unpaired) electrons. The molecule has 1 fully saturated rings. The van der Waals surface area contributed by atoms with Gasteiger partial charge in [0.05, 0.1) is 8.45 Å². The van der Waals surface area contributed by atoms with Crippen LogP contribution in [0.4, 0.5) is 0 Å². The van der Waals surface area contributed by atoms with Gasteiger partial charge in [-0.15, -0.1) is 11.3 Å². The van der Waals surface area contributed by atoms with E-state index in [1.807, 2.05) is 16.3 Å². The molecule has 2 nitrogen and oxygen atoms in total. The molecule has 1 aromatic rings. The first kappa shape index (κ1) is 12.4. The van der Waals surface area contributed by atoms with Crippen LogP contribution < -0.4 is 0 Å². The van der Waals surface area contributed by atoms with Crippen LogP contribution in [0.5, 0.6) is 0 Å². The van der Waals surface area contributed by atoms with Crippen molar-refractivity contribution in [1.82, 2.24) is 4.90 Å². The van der Waals surface area contributed by atoms with Gasteiger partial charge in [-0.25, -0.2) is 0 Å². The minimum Gasteiger partial charge on any atom is -0.339 e. The standard InChI is InChI=1S/C12H16INOS/c1-2-9-3-5-14(6-4-9)12(15)10-7-11(13)16-8-10/h7-9H,2-6H2,1H3. The molecule has 1 aromatic heterocycles. The maximum atomic E-state index is 12.1. The average molecular weight is 349 g/mol. The molecule has 16 heavy (non-hydrogen) atoms. The van der Waals surface area contributed by atoms with Gasteiger partial charge >= 0.3 is 0 Å². The Hall–Kier alpha value is -0.100. The highest BCUT2D eigenvalue weighted by Crippen LogP contribution is 2.23. The van der Waals surface area contributed by atoms with Crippen molar-refractivity contribution in [3.63, 3.8) is 0 Å². The van der Waals surface area contributed by atoms with Gasteiger partial charge in [0.15, 0.2) is 0 Å². The number of rotatable bonds is 2. The van der Waals surface area contributed by atoms with Crippen molar-refractivity contribution in [3.8, 4) is 0 Å². The van der Waals surface area contributed by atoms with Crippen molar-refractivity contribution in [2.75, 3.05) is 13.1 Å². The Kier molecular flexibility index (Phi) is 4.24. The van der Waals surface area contributed by atoms with Crippen LogP contribution in [0.2, 0.25) is 0 Å². The molecule has 1 aliphatic heterocycles. The fourth-order valence-electron chi connectivity index (χ4n) is 2.15. The van der Waals surface area contributed by atoms with Crippen LogP contribution in [-0.2, 0) is 0 Å². The Balaban J connectivity index is 1.96. The fourth-order valence-corrected chi connectivity index (χ4v) is 3.47. The summed E-state index contributed by atoms with van der Waals surface area (Å²) in [5.74, 6) is 1.04. The second-order valence-corrected chi connectivity index (χ2v) is 7.09. The van der Waals surface area contributed by atoms with E-state index in [-0.39, 0.29) is 5.91 Å². The van der Waals surface area contributed by atoms with E-state index in [0.717, 1.165) is 24.6 Å². The van der Waals surface area contributed by atoms with E-state index in [0.29, 0.717) is 0 Å². The predicted octanol–water partition coefficient (Wildman–Crippen LogP) is 3.61. The topological polar surface area (TPSA) is 20.3 Å². The third kappa shape index (κ3) is 2.77. The third-order valence-corrected chi connectivity index (χ3v) is 5.08. The number of amides is 1. The van der Waals surface area contributed by atoms with Crippen LogP contribution in [0, 0.1) is 8.80 Å². The summed E-state index contributed by atoms with van der Waals surface area (Å²) in [6, 6.07) is 1.99. The van der Waals surface area contributed by atoms with Gasteiger partial charge in [0.2, 0.25) is 0 Å². The molecule has 2 rings (SSSR count). The van der Waals surface area contributed by atoms with Crippen LogP contribution in [0.3, 0.4) is 0 Å². The van der Waals surface area contributed by atoms with Crippen LogP contribution in [-0.4, -0.2) is 23.9 Å². The Bertz CT molecular complexity index is 369. The zero-order valence-corrected chi connectivity index (χ0v) is 12.4. The van der Waals surface area contributed by atoms with E-state index in [9.17, 15) is 4.79 Å². The first-order chi connectivity index (χ1) is 7.70. The molecular formula is C12H16INOS. The van der Waals surface area contributed by atoms with Crippen molar-refractivity contribution < 1.29 is 4.79 Å². The number of hydrogen-bond acceptors (Lipinski definition) is 2. The van der Waals surface area contributed by atoms with Gasteiger partial charge in [0, 0.05) is 18.5 Å². The molecule has 0 unspecified atom stereocenters. The SMILES string of the molecule is CCC1CCN(C(=O)c2csc(I)c2)CC1. The Morgan fingerprint density at radius 1 is 1.56 bits per heavy atom. The van der Waals surface area contributed by atoms with Gasteiger partial charge in [-0.3, -0.25) is 4.79 Å². The lowest BCUT2D eigenvalue weighted by Gasteiger charge is -2.31. The number of thiophene rings is 1. The second kappa shape index (κ2) is 5.49. The van der Waals surface area contributed by atoms with Gasteiger partial charge in [0.25, 0.3) is 5.91 Å². The number of carbonyl (C=O) groups is 1. The quantitative estimate of drug-likeness (QED) is 0.747. The summed E-state index contributed by atoms with van der Waals surface area (Å²) >= 11 is 3.90. The summed E-state index contributed by atoms with van der Waals surface area (Å²) in [5.41, 5.74) is 0.865. The summed E-state index contributed by atoms with van der Waals surface area (Å²) in [7, 11) is 0. The van der Waals surface area contributed by atoms with Crippen molar-refractivity contribution in [3.05, 3.63) is 19.9 Å². The molecule has 0 bridgehead atoms. The van der Waals surface area contributed by atoms with Crippen molar-refractivity contribution >= 4 is 39.8 Å². The maximum Gasteiger partial charge on any atom is 0.254 e. The predicted molar refractivity (Wildman–Crippen MR) is 76.0 cm³/mol. The number of carbonyl (C=O) groups excluding carboxylic acids is 1. The van der Waals surface area contributed by atoms with Gasteiger partial charge in [0.1, 0.15) is 0 Å². The molecule has 0 saturated carbocycles. The highest BCUT2D eigenvalue weighted by molar-refractivity contribution is 14.1. The van der Waals surface area contributed by atoms with Crippen LogP contribution >= 0.6 is 33.9 Å². The number of nitrogens with zero attached hydrogens (tertiary/aromatic N) is 1. The van der Waals surface area contributed by atoms with Crippen molar-refractivity contribution in [2.45, 2.75) is 26.2 Å². The number of hydrogen-bond donors (Lipinski definition) is 0. The number of piperidine rings is 1. The van der Waals surface area contributed by atoms with E-state index in [1.165, 1.54) is 22.1 Å². The van der Waals surface area contributed by atoms with Crippen molar-refractivity contribution in [1.29, 1.82) is 0 Å². The molecule has 4 heteroatoms. The molecule has 2 heterocycles. The molecule has 0 aromatic carbocycles. The number of halogens is 1. The normalized spacial score (nSPS) is 17.8. The second-order valence-electron chi connectivity index (χ2n) is 4.28. The highest BCUT2D eigenvalue weighted by Gasteiger charge is 2.23. The molecular weight excluding hydrogens is 333 g/mol. The van der Waals surface area contributed by atoms with Crippen molar-refractivity contribution in [2.24, 2.45) is 5.92 Å². The molecule has 0 aliphatic carbocycles. The molecule has 1 aliphatic rings. The van der Waals surface area contributed by atoms with E-state index in [1.54, 1.807) is 11.3 Å². The minimum absolute atomic E-state index is 0.216. The fraction of sp³-hybridized carbons (Fsp3) is 0.583. The van der Waals surface area contributed by atoms with Gasteiger partial charge in [-0.05, 0) is 47.4 Å². The maximum absolute atomic E-state index is 12.1. The summed E-state index contributed by atoms with van der Waals surface area (Å²) in [6.07, 6.45) is 3.59. The Labute approximate surface area is 114 Å². The molecule has 1 amide bonds. The summed E-state index contributed by atoms with van der Waals surface area (Å²) in [6.45, 7) is 4.11. The van der Waals surface area contributed by atoms with Gasteiger partial charge in [-0.2, -0.15) is 0 Å².